The summed E-state index contributed by atoms with van der Waals surface area (Å²) in [6.45, 7) is 0. The number of carbonyl (C=O) groups excluding carboxylic acids is 1. The summed E-state index contributed by atoms with van der Waals surface area (Å²) in [7, 11) is 1.54. The lowest BCUT2D eigenvalue weighted by atomic mass is 9.99. The normalized spacial score (nSPS) is 18.2. The largest absolute Gasteiger partial charge is 0.497 e. The molecule has 1 unspecified atom stereocenters. The highest BCUT2D eigenvalue weighted by Gasteiger charge is 2.42. The Bertz CT molecular complexity index is 1050. The second-order valence-corrected chi connectivity index (χ2v) is 7.38. The number of amides is 1. The number of nitrogens with zero attached hydrogens (tertiary/aromatic N) is 1. The summed E-state index contributed by atoms with van der Waals surface area (Å²) in [6, 6.07) is 23.8. The molecule has 1 fully saturated rings. The van der Waals surface area contributed by atoms with E-state index in [4.69, 9.17) is 4.74 Å². The molecule has 0 aliphatic carbocycles. The molecule has 5 nitrogen and oxygen atoms in total. The summed E-state index contributed by atoms with van der Waals surface area (Å²) in [5, 5.41) is 9.72. The van der Waals surface area contributed by atoms with Gasteiger partial charge in [0.2, 0.25) is 0 Å². The van der Waals surface area contributed by atoms with Gasteiger partial charge in [-0.3, -0.25) is 4.79 Å². The highest BCUT2D eigenvalue weighted by molar-refractivity contribution is 5.97. The fraction of sp³-hybridized carbons (Fsp3) is 0.200. The number of aliphatic carboxylic acids is 1. The van der Waals surface area contributed by atoms with E-state index in [0.717, 1.165) is 16.7 Å². The van der Waals surface area contributed by atoms with Crippen molar-refractivity contribution < 1.29 is 19.4 Å². The molecule has 3 aromatic rings. The predicted molar refractivity (Wildman–Crippen MR) is 114 cm³/mol. The number of hydrogen-bond acceptors (Lipinski definition) is 3. The van der Waals surface area contributed by atoms with Gasteiger partial charge < -0.3 is 14.7 Å². The van der Waals surface area contributed by atoms with E-state index < -0.39 is 12.0 Å². The Morgan fingerprint density at radius 1 is 0.900 bits per heavy atom. The number of hydrogen-bond donors (Lipinski definition) is 1. The number of ether oxygens (including phenoxy) is 1. The molecule has 1 amide bonds. The zero-order chi connectivity index (χ0) is 21.1. The molecule has 4 rings (SSSR count). The lowest BCUT2D eigenvalue weighted by molar-refractivity contribution is -0.141. The third kappa shape index (κ3) is 3.79. The van der Waals surface area contributed by atoms with Gasteiger partial charge in [0.1, 0.15) is 11.8 Å². The average Bonchev–Trinajstić information content (AvgIpc) is 3.25. The quantitative estimate of drug-likeness (QED) is 0.667. The Morgan fingerprint density at radius 3 is 2.27 bits per heavy atom. The van der Waals surface area contributed by atoms with E-state index in [9.17, 15) is 14.7 Å². The van der Waals surface area contributed by atoms with Gasteiger partial charge in [0, 0.05) is 5.56 Å². The molecule has 152 valence electrons. The van der Waals surface area contributed by atoms with Gasteiger partial charge in [0.15, 0.2) is 0 Å². The summed E-state index contributed by atoms with van der Waals surface area (Å²) >= 11 is 0. The Morgan fingerprint density at radius 2 is 1.60 bits per heavy atom. The number of carboxylic acids is 1. The molecule has 3 aromatic carbocycles. The molecule has 5 heteroatoms. The van der Waals surface area contributed by atoms with Crippen molar-refractivity contribution in [3.05, 3.63) is 90.0 Å². The number of methoxy groups -OCH3 is 1. The molecule has 1 aliphatic rings. The van der Waals surface area contributed by atoms with Gasteiger partial charge in [-0.1, -0.05) is 60.7 Å². The van der Waals surface area contributed by atoms with E-state index in [2.05, 4.69) is 0 Å². The number of benzene rings is 3. The van der Waals surface area contributed by atoms with Crippen molar-refractivity contribution >= 4 is 11.9 Å². The number of rotatable bonds is 5. The lowest BCUT2D eigenvalue weighted by Gasteiger charge is -2.29. The molecule has 1 N–H and O–H groups in total. The molecule has 1 saturated heterocycles. The highest BCUT2D eigenvalue weighted by Crippen LogP contribution is 2.38. The minimum absolute atomic E-state index is 0.283. The Hall–Kier alpha value is -3.60. The monoisotopic (exact) mass is 401 g/mol. The first kappa shape index (κ1) is 19.7. The predicted octanol–water partition coefficient (Wildman–Crippen LogP) is 4.79. The van der Waals surface area contributed by atoms with Crippen LogP contribution in [0.3, 0.4) is 0 Å². The van der Waals surface area contributed by atoms with Gasteiger partial charge in [-0.2, -0.15) is 0 Å². The minimum Gasteiger partial charge on any atom is -0.497 e. The second kappa shape index (κ2) is 8.41. The topological polar surface area (TPSA) is 66.8 Å². The third-order valence-electron chi connectivity index (χ3n) is 5.62. The molecule has 1 heterocycles. The number of carboxylic acid groups (broad SMARTS) is 1. The van der Waals surface area contributed by atoms with Gasteiger partial charge in [-0.15, -0.1) is 0 Å². The molecule has 0 bridgehead atoms. The standard InChI is InChI=1S/C25H23NO4/c1-30-21-9-5-8-20(16-21)24(27)26-22(14-15-23(26)25(28)29)19-12-10-18(11-13-19)17-6-3-2-4-7-17/h2-13,16,22-23H,14-15H2,1H3,(H,28,29)/t22?,23-/m0/s1. The Balaban J connectivity index is 1.66. The van der Waals surface area contributed by atoms with Gasteiger partial charge >= 0.3 is 5.97 Å². The van der Waals surface area contributed by atoms with Crippen LogP contribution < -0.4 is 4.74 Å². The van der Waals surface area contributed by atoms with Gasteiger partial charge in [-0.25, -0.2) is 4.79 Å². The summed E-state index contributed by atoms with van der Waals surface area (Å²) in [6.07, 6.45) is 1.04. The van der Waals surface area contributed by atoms with Crippen LogP contribution in [0.25, 0.3) is 11.1 Å². The maximum absolute atomic E-state index is 13.3. The van der Waals surface area contributed by atoms with Crippen molar-refractivity contribution in [3.63, 3.8) is 0 Å². The van der Waals surface area contributed by atoms with Crippen molar-refractivity contribution in [2.24, 2.45) is 0 Å². The van der Waals surface area contributed by atoms with Crippen molar-refractivity contribution in [2.45, 2.75) is 24.9 Å². The summed E-state index contributed by atoms with van der Waals surface area (Å²) in [5.41, 5.74) is 3.56. The van der Waals surface area contributed by atoms with Crippen molar-refractivity contribution in [3.8, 4) is 16.9 Å². The maximum atomic E-state index is 13.3. The number of carbonyl (C=O) groups is 2. The minimum atomic E-state index is -0.977. The van der Waals surface area contributed by atoms with Crippen molar-refractivity contribution in [1.29, 1.82) is 0 Å². The van der Waals surface area contributed by atoms with Crippen LogP contribution in [0.15, 0.2) is 78.9 Å². The maximum Gasteiger partial charge on any atom is 0.326 e. The van der Waals surface area contributed by atoms with E-state index in [1.165, 1.54) is 12.0 Å². The van der Waals surface area contributed by atoms with Gasteiger partial charge in [0.05, 0.1) is 13.2 Å². The first-order valence-corrected chi connectivity index (χ1v) is 9.93. The van der Waals surface area contributed by atoms with Crippen molar-refractivity contribution in [1.82, 2.24) is 4.90 Å². The SMILES string of the molecule is COc1cccc(C(=O)N2C(c3ccc(-c4ccccc4)cc3)CC[C@H]2C(=O)O)c1. The van der Waals surface area contributed by atoms with E-state index in [1.54, 1.807) is 24.3 Å². The second-order valence-electron chi connectivity index (χ2n) is 7.38. The zero-order valence-corrected chi connectivity index (χ0v) is 16.7. The molecule has 0 spiro atoms. The first-order chi connectivity index (χ1) is 14.6. The molecule has 0 radical (unpaired) electrons. The fourth-order valence-corrected chi connectivity index (χ4v) is 4.10. The van der Waals surface area contributed by atoms with E-state index in [-0.39, 0.29) is 11.9 Å². The number of likely N-dealkylation sites (tertiary alicyclic amines) is 1. The lowest BCUT2D eigenvalue weighted by Crippen LogP contribution is -2.41. The molecule has 0 aromatic heterocycles. The van der Waals surface area contributed by atoms with Gasteiger partial charge in [0.25, 0.3) is 5.91 Å². The Labute approximate surface area is 175 Å². The van der Waals surface area contributed by atoms with Crippen molar-refractivity contribution in [2.75, 3.05) is 7.11 Å². The van der Waals surface area contributed by atoms with Crippen LogP contribution in [0, 0.1) is 0 Å². The van der Waals surface area contributed by atoms with E-state index in [1.807, 2.05) is 54.6 Å². The van der Waals surface area contributed by atoms with Crippen LogP contribution in [0.1, 0.15) is 34.8 Å². The summed E-state index contributed by atoms with van der Waals surface area (Å²) in [5.74, 6) is -0.707. The molecular formula is C25H23NO4. The van der Waals surface area contributed by atoms with Crippen LogP contribution in [0.4, 0.5) is 0 Å². The Kier molecular flexibility index (Phi) is 5.53. The van der Waals surface area contributed by atoms with Crippen LogP contribution in [-0.4, -0.2) is 35.0 Å². The molecule has 30 heavy (non-hydrogen) atoms. The van der Waals surface area contributed by atoms with Gasteiger partial charge in [-0.05, 0) is 47.7 Å². The molecular weight excluding hydrogens is 378 g/mol. The molecule has 1 aliphatic heterocycles. The van der Waals surface area contributed by atoms with E-state index in [0.29, 0.717) is 24.2 Å². The fourth-order valence-electron chi connectivity index (χ4n) is 4.10. The zero-order valence-electron chi connectivity index (χ0n) is 16.7. The van der Waals surface area contributed by atoms with Crippen LogP contribution >= 0.6 is 0 Å². The highest BCUT2D eigenvalue weighted by atomic mass is 16.5. The smallest absolute Gasteiger partial charge is 0.326 e. The van der Waals surface area contributed by atoms with E-state index >= 15 is 0 Å². The van der Waals surface area contributed by atoms with Crippen LogP contribution in [0.2, 0.25) is 0 Å². The summed E-state index contributed by atoms with van der Waals surface area (Å²) in [4.78, 5) is 26.7. The van der Waals surface area contributed by atoms with Crippen LogP contribution in [-0.2, 0) is 4.79 Å². The molecule has 0 saturated carbocycles. The molecule has 2 atom stereocenters. The average molecular weight is 401 g/mol. The first-order valence-electron chi connectivity index (χ1n) is 9.93. The summed E-state index contributed by atoms with van der Waals surface area (Å²) < 4.78 is 5.22. The van der Waals surface area contributed by atoms with Crippen LogP contribution in [0.5, 0.6) is 5.75 Å². The third-order valence-corrected chi connectivity index (χ3v) is 5.62.